The number of halogens is 3. The number of Topliss-reactive ketones (excluding diaryl/α,β-unsaturated/α-hetero) is 2. The molecule has 4 rings (SSSR count). The van der Waals surface area contributed by atoms with Crippen molar-refractivity contribution >= 4 is 33.6 Å². The number of benzene rings is 2. The molecule has 0 bridgehead atoms. The maximum atomic E-state index is 13.7. The van der Waals surface area contributed by atoms with Gasteiger partial charge >= 0.3 is 5.69 Å². The second kappa shape index (κ2) is 13.3. The van der Waals surface area contributed by atoms with Crippen molar-refractivity contribution < 1.29 is 33.3 Å². The predicted molar refractivity (Wildman–Crippen MR) is 155 cm³/mol. The van der Waals surface area contributed by atoms with Crippen LogP contribution >= 0.6 is 15.9 Å². The molecule has 0 amide bonds. The maximum Gasteiger partial charge on any atom is 0.330 e. The zero-order valence-corrected chi connectivity index (χ0v) is 24.1. The van der Waals surface area contributed by atoms with Crippen LogP contribution in [-0.2, 0) is 27.2 Å². The first-order valence-corrected chi connectivity index (χ1v) is 14.0. The molecule has 0 saturated carbocycles. The van der Waals surface area contributed by atoms with E-state index < -0.39 is 77.0 Å². The number of nitrogens with one attached hydrogen (secondary N) is 1. The molecule has 0 spiro atoms. The zero-order chi connectivity index (χ0) is 31.5. The van der Waals surface area contributed by atoms with Crippen LogP contribution in [0.2, 0.25) is 0 Å². The van der Waals surface area contributed by atoms with Crippen molar-refractivity contribution in [2.75, 3.05) is 0 Å². The van der Waals surface area contributed by atoms with Gasteiger partial charge in [0.25, 0.3) is 5.56 Å². The Labute approximate surface area is 251 Å². The fourth-order valence-electron chi connectivity index (χ4n) is 4.99. The van der Waals surface area contributed by atoms with Crippen LogP contribution in [0, 0.1) is 11.6 Å². The number of ether oxygens (including phenoxy) is 1. The Morgan fingerprint density at radius 3 is 2.12 bits per heavy atom. The largest absolute Gasteiger partial charge is 0.382 e. The molecule has 2 aromatic carbocycles. The van der Waals surface area contributed by atoms with Gasteiger partial charge in [-0.05, 0) is 59.3 Å². The molecule has 1 aliphatic heterocycles. The summed E-state index contributed by atoms with van der Waals surface area (Å²) in [6, 6.07) is 7.59. The van der Waals surface area contributed by atoms with E-state index in [1.807, 2.05) is 0 Å². The van der Waals surface area contributed by atoms with Crippen molar-refractivity contribution in [1.82, 2.24) is 9.55 Å². The minimum atomic E-state index is -2.60. The third-order valence-corrected chi connectivity index (χ3v) is 7.52. The normalized spacial score (nSPS) is 22.4. The van der Waals surface area contributed by atoms with E-state index in [1.165, 1.54) is 59.6 Å². The van der Waals surface area contributed by atoms with Gasteiger partial charge < -0.3 is 26.4 Å². The van der Waals surface area contributed by atoms with Crippen molar-refractivity contribution in [2.24, 2.45) is 11.5 Å². The van der Waals surface area contributed by atoms with Crippen LogP contribution < -0.4 is 22.7 Å². The number of ketones is 2. The highest BCUT2D eigenvalue weighted by Gasteiger charge is 2.58. The second-order valence-corrected chi connectivity index (χ2v) is 10.8. The minimum absolute atomic E-state index is 0.0179. The Balaban J connectivity index is 1.67. The molecule has 7 N–H and O–H groups in total. The lowest BCUT2D eigenvalue weighted by Crippen LogP contribution is -2.60. The number of H-pyrrole nitrogens is 1. The number of rotatable bonds is 11. The molecule has 1 saturated heterocycles. The van der Waals surface area contributed by atoms with Gasteiger partial charge in [-0.3, -0.25) is 23.9 Å². The van der Waals surface area contributed by atoms with Gasteiger partial charge in [-0.2, -0.15) is 0 Å². The summed E-state index contributed by atoms with van der Waals surface area (Å²) in [4.78, 5) is 55.3. The summed E-state index contributed by atoms with van der Waals surface area (Å²) in [6.07, 6.45) is -3.92. The first kappa shape index (κ1) is 32.3. The average molecular weight is 663 g/mol. The lowest BCUT2D eigenvalue weighted by molar-refractivity contribution is -0.162. The number of nitrogens with zero attached hydrogens (tertiary/aromatic N) is 1. The van der Waals surface area contributed by atoms with Crippen LogP contribution in [0.1, 0.15) is 29.3 Å². The Hall–Kier alpha value is -3.66. The van der Waals surface area contributed by atoms with Crippen molar-refractivity contribution in [3.8, 4) is 0 Å². The third kappa shape index (κ3) is 7.12. The molecule has 1 unspecified atom stereocenters. The van der Waals surface area contributed by atoms with Gasteiger partial charge in [0.05, 0.1) is 17.6 Å². The highest BCUT2D eigenvalue weighted by atomic mass is 79.9. The van der Waals surface area contributed by atoms with E-state index in [-0.39, 0.29) is 18.4 Å². The monoisotopic (exact) mass is 662 g/mol. The zero-order valence-electron chi connectivity index (χ0n) is 22.5. The van der Waals surface area contributed by atoms with Gasteiger partial charge in [0, 0.05) is 12.6 Å². The number of hydrogen-bond acceptors (Lipinski definition) is 9. The van der Waals surface area contributed by atoms with E-state index >= 15 is 0 Å². The van der Waals surface area contributed by atoms with E-state index in [2.05, 4.69) is 20.9 Å². The molecule has 3 aromatic rings. The lowest BCUT2D eigenvalue weighted by atomic mass is 9.80. The van der Waals surface area contributed by atoms with Crippen molar-refractivity contribution in [3.63, 3.8) is 0 Å². The molecule has 1 aliphatic rings. The third-order valence-electron chi connectivity index (χ3n) is 7.25. The van der Waals surface area contributed by atoms with Crippen molar-refractivity contribution in [2.45, 2.75) is 55.4 Å². The summed E-state index contributed by atoms with van der Waals surface area (Å²) in [7, 11) is 0. The summed E-state index contributed by atoms with van der Waals surface area (Å²) in [5.41, 5.74) is 8.91. The van der Waals surface area contributed by atoms with E-state index in [4.69, 9.17) is 16.2 Å². The summed E-state index contributed by atoms with van der Waals surface area (Å²) in [6.45, 7) is 0. The van der Waals surface area contributed by atoms with Crippen LogP contribution in [0.15, 0.2) is 69.3 Å². The van der Waals surface area contributed by atoms with E-state index in [9.17, 15) is 38.2 Å². The average Bonchev–Trinajstić information content (AvgIpc) is 3.33. The van der Waals surface area contributed by atoms with Crippen LogP contribution in [0.3, 0.4) is 0 Å². The van der Waals surface area contributed by atoms with Crippen LogP contribution in [0.25, 0.3) is 6.08 Å². The molecule has 6 atom stereocenters. The van der Waals surface area contributed by atoms with Gasteiger partial charge in [-0.15, -0.1) is 0 Å². The Morgan fingerprint density at radius 1 is 1.05 bits per heavy atom. The Bertz CT molecular complexity index is 1630. The van der Waals surface area contributed by atoms with Crippen LogP contribution in [0.5, 0.6) is 0 Å². The molecular weight excluding hydrogens is 634 g/mol. The topological polar surface area (TPSA) is 191 Å². The standard InChI is InChI=1S/C29H29BrF2N4O7/c30-10-9-17-14-36(28(41)35-27(17)40)22-13-29(42,25(39)21(34)12-16-3-7-19(32)8-4-16)26(43-22)24(38)23(37)20(33)11-15-1-5-18(31)6-2-15/h1-10,14,20-22,24,26,38,42H,11-13,33-34H2,(H,35,40,41)/b10-9+/t20-,21-,22+,24?,26+,29+/m0/s1. The molecule has 11 nitrogen and oxygen atoms in total. The molecule has 14 heteroatoms. The summed E-state index contributed by atoms with van der Waals surface area (Å²) >= 11 is 3.04. The molecule has 43 heavy (non-hydrogen) atoms. The summed E-state index contributed by atoms with van der Waals surface area (Å²) < 4.78 is 33.4. The Morgan fingerprint density at radius 2 is 1.58 bits per heavy atom. The van der Waals surface area contributed by atoms with Crippen molar-refractivity contribution in [3.05, 3.63) is 109 Å². The number of aliphatic hydroxyl groups excluding tert-OH is 1. The minimum Gasteiger partial charge on any atom is -0.382 e. The fraction of sp³-hybridized carbons (Fsp3) is 0.310. The molecule has 1 aromatic heterocycles. The second-order valence-electron chi connectivity index (χ2n) is 10.3. The smallest absolute Gasteiger partial charge is 0.330 e. The first-order valence-electron chi connectivity index (χ1n) is 13.1. The lowest BCUT2D eigenvalue weighted by Gasteiger charge is -2.32. The van der Waals surface area contributed by atoms with Crippen LogP contribution in [-0.4, -0.2) is 61.2 Å². The van der Waals surface area contributed by atoms with E-state index in [0.717, 1.165) is 10.8 Å². The summed E-state index contributed by atoms with van der Waals surface area (Å²) in [5.74, 6) is -3.01. The number of carbonyl (C=O) groups excluding carboxylic acids is 2. The van der Waals surface area contributed by atoms with Gasteiger partial charge in [0.15, 0.2) is 17.2 Å². The molecular formula is C29H29BrF2N4O7. The highest BCUT2D eigenvalue weighted by Crippen LogP contribution is 2.40. The van der Waals surface area contributed by atoms with Gasteiger partial charge in [-0.25, -0.2) is 13.6 Å². The first-order chi connectivity index (χ1) is 20.3. The van der Waals surface area contributed by atoms with E-state index in [0.29, 0.717) is 11.1 Å². The molecule has 0 aliphatic carbocycles. The van der Waals surface area contributed by atoms with Crippen LogP contribution in [0.4, 0.5) is 8.78 Å². The quantitative estimate of drug-likeness (QED) is 0.198. The van der Waals surface area contributed by atoms with E-state index in [1.54, 1.807) is 0 Å². The van der Waals surface area contributed by atoms with Gasteiger partial charge in [0.1, 0.15) is 30.1 Å². The number of aliphatic hydroxyl groups is 2. The number of carbonyl (C=O) groups is 2. The molecule has 1 fully saturated rings. The number of aromatic nitrogens is 2. The number of nitrogens with two attached hydrogens (primary N) is 2. The fourth-order valence-corrected chi connectivity index (χ4v) is 5.27. The van der Waals surface area contributed by atoms with Gasteiger partial charge in [-0.1, -0.05) is 40.2 Å². The van der Waals surface area contributed by atoms with Gasteiger partial charge in [0.2, 0.25) is 0 Å². The summed E-state index contributed by atoms with van der Waals surface area (Å²) in [5, 5.41) is 22.9. The highest BCUT2D eigenvalue weighted by molar-refractivity contribution is 9.11. The Kier molecular flexibility index (Phi) is 10.00. The number of hydrogen-bond donors (Lipinski definition) is 5. The molecule has 228 valence electrons. The van der Waals surface area contributed by atoms with Crippen molar-refractivity contribution in [1.29, 1.82) is 0 Å². The molecule has 0 radical (unpaired) electrons. The predicted octanol–water partition coefficient (Wildman–Crippen LogP) is 0.838. The maximum absolute atomic E-state index is 13.7. The SMILES string of the molecule is N[C@@H](Cc1ccc(F)cc1)C(=O)C(O)[C@H]1O[C@@H](n2cc(/C=C/Br)c(=O)[nH]c2=O)C[C@@]1(O)C(=O)[C@@H](N)Cc1ccc(F)cc1. The molecule has 2 heterocycles. The number of aromatic amines is 1.